The average molecular weight is 293 g/mol. The molecule has 2 nitrogen and oxygen atoms in total. The van der Waals surface area contributed by atoms with Crippen LogP contribution in [0.3, 0.4) is 0 Å². The number of halogens is 1. The molecule has 0 saturated carbocycles. The molecular formula is C14H13BrO2. The van der Waals surface area contributed by atoms with Gasteiger partial charge in [0.25, 0.3) is 0 Å². The maximum atomic E-state index is 11.8. The summed E-state index contributed by atoms with van der Waals surface area (Å²) in [6, 6.07) is 9.55. The third-order valence-electron chi connectivity index (χ3n) is 2.80. The molecule has 2 rings (SSSR count). The Bertz CT molecular complexity index is 576. The normalized spacial score (nSPS) is 10.5. The van der Waals surface area contributed by atoms with Crippen molar-refractivity contribution >= 4 is 32.5 Å². The van der Waals surface area contributed by atoms with E-state index in [1.807, 2.05) is 37.3 Å². The molecule has 0 aliphatic rings. The number of ketones is 1. The van der Waals surface area contributed by atoms with Crippen LogP contribution < -0.4 is 4.74 Å². The van der Waals surface area contributed by atoms with Gasteiger partial charge < -0.3 is 4.74 Å². The first-order valence-electron chi connectivity index (χ1n) is 5.47. The van der Waals surface area contributed by atoms with Crippen LogP contribution in [0.15, 0.2) is 34.8 Å². The number of hydrogen-bond donors (Lipinski definition) is 0. The zero-order valence-electron chi connectivity index (χ0n) is 9.79. The largest absolute Gasteiger partial charge is 0.496 e. The molecule has 0 amide bonds. The monoisotopic (exact) mass is 292 g/mol. The lowest BCUT2D eigenvalue weighted by Gasteiger charge is -2.09. The molecule has 17 heavy (non-hydrogen) atoms. The first-order chi connectivity index (χ1) is 8.19. The molecule has 2 aromatic carbocycles. The highest BCUT2D eigenvalue weighted by molar-refractivity contribution is 9.10. The Kier molecular flexibility index (Phi) is 3.48. The number of Topliss-reactive ketones (excluding diaryl/α,β-unsaturated/α-hetero) is 1. The van der Waals surface area contributed by atoms with Crippen LogP contribution in [0.4, 0.5) is 0 Å². The van der Waals surface area contributed by atoms with Crippen molar-refractivity contribution < 1.29 is 9.53 Å². The van der Waals surface area contributed by atoms with E-state index in [4.69, 9.17) is 4.74 Å². The summed E-state index contributed by atoms with van der Waals surface area (Å²) >= 11 is 3.51. The van der Waals surface area contributed by atoms with Gasteiger partial charge in [0.05, 0.1) is 11.6 Å². The Morgan fingerprint density at radius 2 is 2.00 bits per heavy atom. The summed E-state index contributed by atoms with van der Waals surface area (Å²) in [5, 5.41) is 1.97. The molecular weight excluding hydrogens is 280 g/mol. The van der Waals surface area contributed by atoms with E-state index in [1.54, 1.807) is 7.11 Å². The fraction of sp³-hybridized carbons (Fsp3) is 0.214. The molecule has 0 saturated heterocycles. The molecule has 0 aliphatic carbocycles. The SMILES string of the molecule is CCC(=O)c1cccc2c(Br)c(OC)ccc12. The first kappa shape index (κ1) is 12.1. The van der Waals surface area contributed by atoms with Crippen LogP contribution in [0, 0.1) is 0 Å². The minimum atomic E-state index is 0.160. The van der Waals surface area contributed by atoms with Crippen LogP contribution in [0.2, 0.25) is 0 Å². The van der Waals surface area contributed by atoms with E-state index in [1.165, 1.54) is 0 Å². The fourth-order valence-corrected chi connectivity index (χ4v) is 2.53. The molecule has 0 N–H and O–H groups in total. The number of fused-ring (bicyclic) bond motifs is 1. The first-order valence-corrected chi connectivity index (χ1v) is 6.26. The number of ether oxygens (including phenoxy) is 1. The van der Waals surface area contributed by atoms with E-state index >= 15 is 0 Å². The van der Waals surface area contributed by atoms with Crippen LogP contribution >= 0.6 is 15.9 Å². The van der Waals surface area contributed by atoms with Gasteiger partial charge in [-0.15, -0.1) is 0 Å². The van der Waals surface area contributed by atoms with Crippen molar-refractivity contribution in [3.05, 3.63) is 40.4 Å². The predicted octanol–water partition coefficient (Wildman–Crippen LogP) is 4.20. The topological polar surface area (TPSA) is 26.3 Å². The number of benzene rings is 2. The third-order valence-corrected chi connectivity index (χ3v) is 3.62. The number of carbonyl (C=O) groups is 1. The number of carbonyl (C=O) groups excluding carboxylic acids is 1. The minimum absolute atomic E-state index is 0.160. The van der Waals surface area contributed by atoms with Gasteiger partial charge in [-0.1, -0.05) is 25.1 Å². The lowest BCUT2D eigenvalue weighted by atomic mass is 10.00. The molecule has 0 atom stereocenters. The summed E-state index contributed by atoms with van der Waals surface area (Å²) in [5.41, 5.74) is 0.772. The number of rotatable bonds is 3. The van der Waals surface area contributed by atoms with Crippen LogP contribution in [0.1, 0.15) is 23.7 Å². The predicted molar refractivity (Wildman–Crippen MR) is 72.8 cm³/mol. The van der Waals surface area contributed by atoms with Crippen LogP contribution in [0.25, 0.3) is 10.8 Å². The lowest BCUT2D eigenvalue weighted by molar-refractivity contribution is 0.0990. The van der Waals surface area contributed by atoms with Crippen molar-refractivity contribution in [2.75, 3.05) is 7.11 Å². The van der Waals surface area contributed by atoms with E-state index < -0.39 is 0 Å². The molecule has 0 aliphatic heterocycles. The second kappa shape index (κ2) is 4.88. The average Bonchev–Trinajstić information content (AvgIpc) is 2.38. The van der Waals surface area contributed by atoms with Crippen molar-refractivity contribution in [3.8, 4) is 5.75 Å². The Morgan fingerprint density at radius 3 is 2.65 bits per heavy atom. The molecule has 88 valence electrons. The summed E-state index contributed by atoms with van der Waals surface area (Å²) in [4.78, 5) is 11.8. The van der Waals surface area contributed by atoms with Gasteiger partial charge in [0.2, 0.25) is 0 Å². The smallest absolute Gasteiger partial charge is 0.163 e. The van der Waals surface area contributed by atoms with Crippen LogP contribution in [-0.2, 0) is 0 Å². The zero-order valence-corrected chi connectivity index (χ0v) is 11.4. The van der Waals surface area contributed by atoms with Gasteiger partial charge in [0.15, 0.2) is 5.78 Å². The van der Waals surface area contributed by atoms with E-state index in [2.05, 4.69) is 15.9 Å². The summed E-state index contributed by atoms with van der Waals surface area (Å²) in [6.45, 7) is 1.87. The maximum absolute atomic E-state index is 11.8. The highest BCUT2D eigenvalue weighted by atomic mass is 79.9. The third kappa shape index (κ3) is 2.07. The van der Waals surface area contributed by atoms with Gasteiger partial charge in [-0.05, 0) is 33.4 Å². The molecule has 2 aromatic rings. The second-order valence-corrected chi connectivity index (χ2v) is 4.55. The van der Waals surface area contributed by atoms with Crippen LogP contribution in [0.5, 0.6) is 5.75 Å². The maximum Gasteiger partial charge on any atom is 0.163 e. The second-order valence-electron chi connectivity index (χ2n) is 3.76. The van der Waals surface area contributed by atoms with E-state index in [-0.39, 0.29) is 5.78 Å². The molecule has 0 aromatic heterocycles. The Hall–Kier alpha value is -1.35. The van der Waals surface area contributed by atoms with Crippen molar-refractivity contribution in [2.45, 2.75) is 13.3 Å². The molecule has 0 bridgehead atoms. The highest BCUT2D eigenvalue weighted by Crippen LogP contribution is 2.34. The quantitative estimate of drug-likeness (QED) is 0.793. The van der Waals surface area contributed by atoms with Gasteiger partial charge in [0.1, 0.15) is 5.75 Å². The molecule has 0 radical (unpaired) electrons. The molecule has 0 fully saturated rings. The fourth-order valence-electron chi connectivity index (χ4n) is 1.89. The molecule has 0 spiro atoms. The van der Waals surface area contributed by atoms with Gasteiger partial charge in [-0.2, -0.15) is 0 Å². The molecule has 3 heteroatoms. The van der Waals surface area contributed by atoms with Crippen molar-refractivity contribution in [1.29, 1.82) is 0 Å². The van der Waals surface area contributed by atoms with Crippen molar-refractivity contribution in [2.24, 2.45) is 0 Å². The lowest BCUT2D eigenvalue weighted by Crippen LogP contribution is -1.98. The highest BCUT2D eigenvalue weighted by Gasteiger charge is 2.11. The minimum Gasteiger partial charge on any atom is -0.496 e. The molecule has 0 heterocycles. The number of methoxy groups -OCH3 is 1. The van der Waals surface area contributed by atoms with Crippen molar-refractivity contribution in [3.63, 3.8) is 0 Å². The van der Waals surface area contributed by atoms with Gasteiger partial charge >= 0.3 is 0 Å². The summed E-state index contributed by atoms with van der Waals surface area (Å²) in [6.07, 6.45) is 0.517. The van der Waals surface area contributed by atoms with E-state index in [0.717, 1.165) is 26.6 Å². The van der Waals surface area contributed by atoms with Gasteiger partial charge in [-0.25, -0.2) is 0 Å². The van der Waals surface area contributed by atoms with Crippen LogP contribution in [-0.4, -0.2) is 12.9 Å². The number of hydrogen-bond acceptors (Lipinski definition) is 2. The standard InChI is InChI=1S/C14H13BrO2/c1-3-12(16)10-5-4-6-11-9(10)7-8-13(17-2)14(11)15/h4-8H,3H2,1-2H3. The van der Waals surface area contributed by atoms with Gasteiger partial charge in [0, 0.05) is 17.4 Å². The summed E-state index contributed by atoms with van der Waals surface area (Å²) in [7, 11) is 1.63. The van der Waals surface area contributed by atoms with Crippen molar-refractivity contribution in [1.82, 2.24) is 0 Å². The molecule has 0 unspecified atom stereocenters. The Morgan fingerprint density at radius 1 is 1.24 bits per heavy atom. The van der Waals surface area contributed by atoms with E-state index in [9.17, 15) is 4.79 Å². The Balaban J connectivity index is 2.75. The summed E-state index contributed by atoms with van der Waals surface area (Å²) < 4.78 is 6.14. The summed E-state index contributed by atoms with van der Waals surface area (Å²) in [5.74, 6) is 0.936. The van der Waals surface area contributed by atoms with E-state index in [0.29, 0.717) is 6.42 Å². The zero-order chi connectivity index (χ0) is 12.4. The van der Waals surface area contributed by atoms with Gasteiger partial charge in [-0.3, -0.25) is 4.79 Å². The Labute approximate surface area is 109 Å².